The Morgan fingerprint density at radius 2 is 1.70 bits per heavy atom. The van der Waals surface area contributed by atoms with Crippen molar-refractivity contribution in [1.29, 1.82) is 0 Å². The van der Waals surface area contributed by atoms with Gasteiger partial charge in [-0.1, -0.05) is 48.5 Å². The molecule has 2 aliphatic heterocycles. The second kappa shape index (κ2) is 9.53. The van der Waals surface area contributed by atoms with Gasteiger partial charge in [-0.3, -0.25) is 5.32 Å². The van der Waals surface area contributed by atoms with Gasteiger partial charge in [0, 0.05) is 23.1 Å². The Morgan fingerprint density at radius 1 is 1.00 bits per heavy atom. The maximum atomic E-state index is 12.8. The molecular formula is C29H27NO7. The van der Waals surface area contributed by atoms with Gasteiger partial charge < -0.3 is 24.1 Å². The minimum Gasteiger partial charge on any atom is -0.487 e. The van der Waals surface area contributed by atoms with Gasteiger partial charge in [-0.2, -0.15) is 0 Å². The Bertz CT molecular complexity index is 1310. The molecule has 0 radical (unpaired) electrons. The van der Waals surface area contributed by atoms with Crippen LogP contribution in [0, 0.1) is 0 Å². The number of aliphatic hydroxyl groups is 1. The lowest BCUT2D eigenvalue weighted by Crippen LogP contribution is -2.48. The zero-order valence-electron chi connectivity index (χ0n) is 20.3. The summed E-state index contributed by atoms with van der Waals surface area (Å²) >= 11 is 0. The Hall–Kier alpha value is -3.88. The molecule has 1 amide bonds. The summed E-state index contributed by atoms with van der Waals surface area (Å²) in [6.45, 7) is -0.0670. The van der Waals surface area contributed by atoms with Gasteiger partial charge in [-0.05, 0) is 46.9 Å². The Balaban J connectivity index is 1.16. The van der Waals surface area contributed by atoms with Crippen molar-refractivity contribution in [3.8, 4) is 16.9 Å². The molecule has 0 spiro atoms. The van der Waals surface area contributed by atoms with Crippen LogP contribution in [0.2, 0.25) is 0 Å². The van der Waals surface area contributed by atoms with Gasteiger partial charge in [-0.15, -0.1) is 0 Å². The molecule has 1 fully saturated rings. The summed E-state index contributed by atoms with van der Waals surface area (Å²) in [6.07, 6.45) is -2.07. The number of anilines is 1. The zero-order valence-corrected chi connectivity index (χ0v) is 20.3. The average Bonchev–Trinajstić information content (AvgIpc) is 3.46. The number of benzene rings is 3. The van der Waals surface area contributed by atoms with Crippen molar-refractivity contribution in [2.45, 2.75) is 36.6 Å². The van der Waals surface area contributed by atoms with Crippen LogP contribution in [0.4, 0.5) is 10.5 Å². The van der Waals surface area contributed by atoms with Gasteiger partial charge in [0.25, 0.3) is 0 Å². The fourth-order valence-corrected chi connectivity index (χ4v) is 5.78. The molecule has 3 aliphatic rings. The topological polar surface area (TPSA) is 103 Å². The van der Waals surface area contributed by atoms with E-state index >= 15 is 0 Å². The van der Waals surface area contributed by atoms with Crippen LogP contribution in [0.25, 0.3) is 11.1 Å². The highest BCUT2D eigenvalue weighted by molar-refractivity contribution is 5.85. The van der Waals surface area contributed by atoms with E-state index in [2.05, 4.69) is 29.6 Å². The molecule has 2 heterocycles. The van der Waals surface area contributed by atoms with Crippen molar-refractivity contribution < 1.29 is 33.6 Å². The van der Waals surface area contributed by atoms with E-state index in [0.717, 1.165) is 16.7 Å². The van der Waals surface area contributed by atoms with E-state index in [1.165, 1.54) is 18.2 Å². The molecule has 6 rings (SSSR count). The highest BCUT2D eigenvalue weighted by atomic mass is 16.6. The number of carbonyl (C=O) groups excluding carboxylic acids is 2. The Labute approximate surface area is 214 Å². The SMILES string of the molecule is COC(=O)[C@H]1C[C@H]2c3cc(NC(=O)OCC4c5ccccc5-c5ccccc54)ccc3O[C@H]2[C@@H](CO)O1. The number of nitrogens with one attached hydrogen (secondary N) is 1. The summed E-state index contributed by atoms with van der Waals surface area (Å²) in [4.78, 5) is 24.9. The first-order chi connectivity index (χ1) is 18.1. The van der Waals surface area contributed by atoms with Crippen LogP contribution >= 0.6 is 0 Å². The fraction of sp³-hybridized carbons (Fsp3) is 0.310. The lowest BCUT2D eigenvalue weighted by atomic mass is 9.85. The molecule has 0 saturated carbocycles. The van der Waals surface area contributed by atoms with Crippen LogP contribution in [-0.2, 0) is 19.0 Å². The lowest BCUT2D eigenvalue weighted by Gasteiger charge is -2.35. The average molecular weight is 502 g/mol. The molecule has 3 aromatic rings. The van der Waals surface area contributed by atoms with Gasteiger partial charge in [0.1, 0.15) is 24.6 Å². The monoisotopic (exact) mass is 501 g/mol. The number of ether oxygens (including phenoxy) is 4. The number of carbonyl (C=O) groups is 2. The van der Waals surface area contributed by atoms with Gasteiger partial charge in [0.05, 0.1) is 13.7 Å². The molecule has 1 aliphatic carbocycles. The van der Waals surface area contributed by atoms with Crippen molar-refractivity contribution in [2.24, 2.45) is 0 Å². The van der Waals surface area contributed by atoms with Gasteiger partial charge in [0.2, 0.25) is 0 Å². The van der Waals surface area contributed by atoms with Crippen molar-refractivity contribution in [3.05, 3.63) is 83.4 Å². The minimum absolute atomic E-state index is 0.0276. The van der Waals surface area contributed by atoms with Crippen molar-refractivity contribution in [1.82, 2.24) is 0 Å². The number of esters is 1. The molecule has 1 saturated heterocycles. The van der Waals surface area contributed by atoms with Gasteiger partial charge in [0.15, 0.2) is 6.10 Å². The van der Waals surface area contributed by atoms with Crippen molar-refractivity contribution in [2.75, 3.05) is 25.6 Å². The third kappa shape index (κ3) is 4.12. The second-order valence-corrected chi connectivity index (χ2v) is 9.50. The van der Waals surface area contributed by atoms with E-state index in [-0.39, 0.29) is 25.0 Å². The second-order valence-electron chi connectivity index (χ2n) is 9.50. The Morgan fingerprint density at radius 3 is 2.38 bits per heavy atom. The van der Waals surface area contributed by atoms with Gasteiger partial charge >= 0.3 is 12.1 Å². The highest BCUT2D eigenvalue weighted by Crippen LogP contribution is 2.47. The largest absolute Gasteiger partial charge is 0.487 e. The van der Waals surface area contributed by atoms with Crippen molar-refractivity contribution >= 4 is 17.7 Å². The molecule has 2 N–H and O–H groups in total. The number of methoxy groups -OCH3 is 1. The standard InChI is InChI=1S/C29H27NO7/c1-34-28(32)25-13-22-21-12-16(10-11-24(21)37-27(22)26(14-31)36-25)30-29(33)35-15-23-19-8-4-2-6-17(19)18-7-3-5-9-20(18)23/h2-12,22-23,25-27,31H,13-15H2,1H3,(H,30,33)/t22-,25+,26+,27+/m0/s1. The number of rotatable bonds is 5. The maximum Gasteiger partial charge on any atom is 0.411 e. The predicted molar refractivity (Wildman–Crippen MR) is 135 cm³/mol. The number of hydrogen-bond acceptors (Lipinski definition) is 7. The molecule has 4 atom stereocenters. The molecule has 8 nitrogen and oxygen atoms in total. The molecule has 37 heavy (non-hydrogen) atoms. The number of hydrogen-bond donors (Lipinski definition) is 2. The van der Waals surface area contributed by atoms with Crippen molar-refractivity contribution in [3.63, 3.8) is 0 Å². The van der Waals surface area contributed by atoms with Crippen LogP contribution in [0.3, 0.4) is 0 Å². The predicted octanol–water partition coefficient (Wildman–Crippen LogP) is 4.22. The van der Waals surface area contributed by atoms with Crippen LogP contribution in [0.15, 0.2) is 66.7 Å². The minimum atomic E-state index is -0.795. The summed E-state index contributed by atoms with van der Waals surface area (Å²) in [5.74, 6) is -0.0616. The maximum absolute atomic E-state index is 12.8. The molecule has 190 valence electrons. The van der Waals surface area contributed by atoms with E-state index in [4.69, 9.17) is 18.9 Å². The van der Waals surface area contributed by atoms with Crippen LogP contribution in [-0.4, -0.2) is 55.8 Å². The van der Waals surface area contributed by atoms with E-state index in [9.17, 15) is 14.7 Å². The van der Waals surface area contributed by atoms with Gasteiger partial charge in [-0.25, -0.2) is 9.59 Å². The van der Waals surface area contributed by atoms with Crippen LogP contribution in [0.1, 0.15) is 34.9 Å². The molecule has 3 aromatic carbocycles. The summed E-state index contributed by atoms with van der Waals surface area (Å²) in [6, 6.07) is 21.7. The third-order valence-corrected chi connectivity index (χ3v) is 7.48. The summed E-state index contributed by atoms with van der Waals surface area (Å²) in [5, 5.41) is 12.6. The summed E-state index contributed by atoms with van der Waals surface area (Å²) < 4.78 is 22.3. The smallest absolute Gasteiger partial charge is 0.411 e. The molecule has 8 heteroatoms. The van der Waals surface area contributed by atoms with Crippen LogP contribution in [0.5, 0.6) is 5.75 Å². The quantitative estimate of drug-likeness (QED) is 0.505. The number of amides is 1. The Kier molecular flexibility index (Phi) is 6.06. The molecular weight excluding hydrogens is 474 g/mol. The number of fused-ring (bicyclic) bond motifs is 6. The van der Waals surface area contributed by atoms with E-state index in [0.29, 0.717) is 17.9 Å². The molecule has 0 unspecified atom stereocenters. The first-order valence-corrected chi connectivity index (χ1v) is 12.3. The molecule has 0 aromatic heterocycles. The van der Waals surface area contributed by atoms with E-state index in [1.54, 1.807) is 12.1 Å². The summed E-state index contributed by atoms with van der Waals surface area (Å²) in [7, 11) is 1.31. The normalized spacial score (nSPS) is 23.2. The summed E-state index contributed by atoms with van der Waals surface area (Å²) in [5.41, 5.74) is 6.04. The van der Waals surface area contributed by atoms with E-state index in [1.807, 2.05) is 30.3 Å². The zero-order chi connectivity index (χ0) is 25.5. The lowest BCUT2D eigenvalue weighted by molar-refractivity contribution is -0.175. The molecule has 0 bridgehead atoms. The number of aliphatic hydroxyl groups excluding tert-OH is 1. The fourth-order valence-electron chi connectivity index (χ4n) is 5.78. The third-order valence-electron chi connectivity index (χ3n) is 7.48. The first-order valence-electron chi connectivity index (χ1n) is 12.3. The highest BCUT2D eigenvalue weighted by Gasteiger charge is 2.48. The van der Waals surface area contributed by atoms with Crippen LogP contribution < -0.4 is 10.1 Å². The van der Waals surface area contributed by atoms with E-state index < -0.39 is 30.4 Å². The first kappa shape index (κ1) is 23.5.